The van der Waals surface area contributed by atoms with E-state index in [1.807, 2.05) is 6.07 Å². The van der Waals surface area contributed by atoms with E-state index >= 15 is 0 Å². The number of fused-ring (bicyclic) bond motifs is 1. The van der Waals surface area contributed by atoms with Crippen LogP contribution in [-0.2, 0) is 0 Å². The Kier molecular flexibility index (Phi) is 4.90. The number of carbonyl (C=O) groups is 1. The molecule has 0 radical (unpaired) electrons. The highest BCUT2D eigenvalue weighted by Gasteiger charge is 2.15. The van der Waals surface area contributed by atoms with Gasteiger partial charge in [0.05, 0.1) is 22.7 Å². The minimum atomic E-state index is -0.359. The van der Waals surface area contributed by atoms with Crippen LogP contribution in [0.2, 0.25) is 10.0 Å². The maximum Gasteiger partial charge on any atom is 0.255 e. The Morgan fingerprint density at radius 1 is 1.14 bits per heavy atom. The van der Waals surface area contributed by atoms with Crippen molar-refractivity contribution in [1.82, 2.24) is 9.97 Å². The topological polar surface area (TPSA) is 77.2 Å². The lowest BCUT2D eigenvalue weighted by molar-refractivity contribution is 0.102. The van der Waals surface area contributed by atoms with Crippen molar-refractivity contribution in [2.24, 2.45) is 0 Å². The Morgan fingerprint density at radius 2 is 1.93 bits per heavy atom. The number of aromatic nitrogens is 2. The van der Waals surface area contributed by atoms with Gasteiger partial charge < -0.3 is 14.5 Å². The smallest absolute Gasteiger partial charge is 0.255 e. The average Bonchev–Trinajstić information content (AvgIpc) is 3.12. The second-order valence-electron chi connectivity index (χ2n) is 5.87. The van der Waals surface area contributed by atoms with Gasteiger partial charge in [0, 0.05) is 23.6 Å². The molecule has 8 heteroatoms. The standard InChI is InChI=1S/C20H13Cl2N3O3/c1-27-18-14(21)7-12(8-15(18)22)19(26)24-13-4-5-17-16(9-13)25-20(28-17)11-3-2-6-23-10-11/h2-10H,1H3,(H,24,26). The molecule has 140 valence electrons. The maximum atomic E-state index is 12.6. The Morgan fingerprint density at radius 3 is 2.61 bits per heavy atom. The molecule has 0 spiro atoms. The Balaban J connectivity index is 1.60. The summed E-state index contributed by atoms with van der Waals surface area (Å²) in [6.07, 6.45) is 3.35. The number of oxazole rings is 1. The molecule has 0 fully saturated rings. The summed E-state index contributed by atoms with van der Waals surface area (Å²) >= 11 is 12.2. The van der Waals surface area contributed by atoms with Gasteiger partial charge in [-0.3, -0.25) is 9.78 Å². The molecule has 1 amide bonds. The maximum absolute atomic E-state index is 12.6. The predicted octanol–water partition coefficient (Wildman–Crippen LogP) is 5.46. The first-order valence-electron chi connectivity index (χ1n) is 8.20. The van der Waals surface area contributed by atoms with Gasteiger partial charge in [0.25, 0.3) is 5.91 Å². The molecule has 0 aliphatic heterocycles. The highest BCUT2D eigenvalue weighted by Crippen LogP contribution is 2.34. The molecule has 2 aromatic heterocycles. The van der Waals surface area contributed by atoms with E-state index in [0.717, 1.165) is 5.56 Å². The fourth-order valence-corrected chi connectivity index (χ4v) is 3.35. The number of halogens is 2. The largest absolute Gasteiger partial charge is 0.494 e. The summed E-state index contributed by atoms with van der Waals surface area (Å²) in [6, 6.07) is 11.9. The number of pyridine rings is 1. The average molecular weight is 414 g/mol. The number of anilines is 1. The third-order valence-electron chi connectivity index (χ3n) is 4.02. The fraction of sp³-hybridized carbons (Fsp3) is 0.0500. The zero-order valence-corrected chi connectivity index (χ0v) is 16.1. The Hall–Kier alpha value is -3.09. The number of hydrogen-bond acceptors (Lipinski definition) is 5. The molecule has 0 atom stereocenters. The van der Waals surface area contributed by atoms with Gasteiger partial charge in [-0.2, -0.15) is 0 Å². The molecule has 4 aromatic rings. The van der Waals surface area contributed by atoms with Crippen LogP contribution in [0.25, 0.3) is 22.6 Å². The van der Waals surface area contributed by atoms with E-state index in [4.69, 9.17) is 32.4 Å². The second kappa shape index (κ2) is 7.50. The molecule has 2 heterocycles. The fourth-order valence-electron chi connectivity index (χ4n) is 2.71. The molecule has 0 saturated heterocycles. The monoisotopic (exact) mass is 413 g/mol. The van der Waals surface area contributed by atoms with Crippen LogP contribution in [0, 0.1) is 0 Å². The molecular formula is C20H13Cl2N3O3. The van der Waals surface area contributed by atoms with Crippen molar-refractivity contribution in [3.63, 3.8) is 0 Å². The molecular weight excluding hydrogens is 401 g/mol. The Labute approximate surface area is 170 Å². The van der Waals surface area contributed by atoms with Crippen molar-refractivity contribution < 1.29 is 13.9 Å². The lowest BCUT2D eigenvalue weighted by Crippen LogP contribution is -2.12. The molecule has 0 aliphatic carbocycles. The second-order valence-corrected chi connectivity index (χ2v) is 6.68. The molecule has 0 saturated carbocycles. The normalized spacial score (nSPS) is 10.8. The van der Waals surface area contributed by atoms with E-state index in [0.29, 0.717) is 34.0 Å². The molecule has 2 aromatic carbocycles. The SMILES string of the molecule is COc1c(Cl)cc(C(=O)Nc2ccc3oc(-c4cccnc4)nc3c2)cc1Cl. The van der Waals surface area contributed by atoms with Crippen molar-refractivity contribution in [3.05, 3.63) is 70.5 Å². The predicted molar refractivity (Wildman–Crippen MR) is 108 cm³/mol. The number of methoxy groups -OCH3 is 1. The van der Waals surface area contributed by atoms with Gasteiger partial charge in [-0.25, -0.2) is 4.98 Å². The van der Waals surface area contributed by atoms with Crippen molar-refractivity contribution in [2.75, 3.05) is 12.4 Å². The summed E-state index contributed by atoms with van der Waals surface area (Å²) in [5, 5.41) is 3.32. The first kappa shape index (κ1) is 18.3. The van der Waals surface area contributed by atoms with Crippen molar-refractivity contribution in [3.8, 4) is 17.2 Å². The number of carbonyl (C=O) groups excluding carboxylic acids is 1. The zero-order chi connectivity index (χ0) is 19.7. The molecule has 28 heavy (non-hydrogen) atoms. The zero-order valence-electron chi connectivity index (χ0n) is 14.6. The summed E-state index contributed by atoms with van der Waals surface area (Å²) in [7, 11) is 1.46. The third-order valence-corrected chi connectivity index (χ3v) is 4.58. The number of nitrogens with one attached hydrogen (secondary N) is 1. The van der Waals surface area contributed by atoms with Gasteiger partial charge in [0.1, 0.15) is 5.52 Å². The van der Waals surface area contributed by atoms with Crippen molar-refractivity contribution >= 4 is 45.9 Å². The molecule has 4 rings (SSSR count). The van der Waals surface area contributed by atoms with E-state index < -0.39 is 0 Å². The van der Waals surface area contributed by atoms with Crippen LogP contribution in [0.15, 0.2) is 59.3 Å². The van der Waals surface area contributed by atoms with E-state index in [1.54, 1.807) is 36.7 Å². The van der Waals surface area contributed by atoms with Gasteiger partial charge >= 0.3 is 0 Å². The van der Waals surface area contributed by atoms with E-state index in [1.165, 1.54) is 19.2 Å². The van der Waals surface area contributed by atoms with Crippen molar-refractivity contribution in [1.29, 1.82) is 0 Å². The van der Waals surface area contributed by atoms with Crippen LogP contribution >= 0.6 is 23.2 Å². The van der Waals surface area contributed by atoms with Crippen LogP contribution < -0.4 is 10.1 Å². The number of amides is 1. The summed E-state index contributed by atoms with van der Waals surface area (Å²) in [5.41, 5.74) is 2.86. The minimum absolute atomic E-state index is 0.258. The highest BCUT2D eigenvalue weighted by molar-refractivity contribution is 6.37. The minimum Gasteiger partial charge on any atom is -0.494 e. The molecule has 0 bridgehead atoms. The van der Waals surface area contributed by atoms with E-state index in [9.17, 15) is 4.79 Å². The van der Waals surface area contributed by atoms with Gasteiger partial charge in [-0.15, -0.1) is 0 Å². The number of hydrogen-bond donors (Lipinski definition) is 1. The first-order valence-corrected chi connectivity index (χ1v) is 8.96. The van der Waals surface area contributed by atoms with E-state index in [2.05, 4.69) is 15.3 Å². The summed E-state index contributed by atoms with van der Waals surface area (Å²) in [4.78, 5) is 21.1. The van der Waals surface area contributed by atoms with Crippen LogP contribution in [0.5, 0.6) is 5.75 Å². The first-order chi connectivity index (χ1) is 13.5. The molecule has 0 aliphatic rings. The molecule has 1 N–H and O–H groups in total. The van der Waals surface area contributed by atoms with Gasteiger partial charge in [0.15, 0.2) is 11.3 Å². The van der Waals surface area contributed by atoms with E-state index in [-0.39, 0.29) is 16.0 Å². The van der Waals surface area contributed by atoms with Crippen LogP contribution in [0.3, 0.4) is 0 Å². The number of rotatable bonds is 4. The summed E-state index contributed by atoms with van der Waals surface area (Å²) < 4.78 is 10.8. The number of benzene rings is 2. The lowest BCUT2D eigenvalue weighted by Gasteiger charge is -2.09. The number of ether oxygens (including phenoxy) is 1. The third kappa shape index (κ3) is 3.52. The Bertz CT molecular complexity index is 1150. The highest BCUT2D eigenvalue weighted by atomic mass is 35.5. The quantitative estimate of drug-likeness (QED) is 0.480. The van der Waals surface area contributed by atoms with Gasteiger partial charge in [-0.1, -0.05) is 23.2 Å². The summed E-state index contributed by atoms with van der Waals surface area (Å²) in [5.74, 6) is 0.425. The van der Waals surface area contributed by atoms with Crippen LogP contribution in [0.1, 0.15) is 10.4 Å². The summed E-state index contributed by atoms with van der Waals surface area (Å²) in [6.45, 7) is 0. The molecule has 0 unspecified atom stereocenters. The van der Waals surface area contributed by atoms with Crippen LogP contribution in [-0.4, -0.2) is 23.0 Å². The molecule has 6 nitrogen and oxygen atoms in total. The number of nitrogens with zero attached hydrogens (tertiary/aromatic N) is 2. The van der Waals surface area contributed by atoms with Gasteiger partial charge in [0.2, 0.25) is 5.89 Å². The van der Waals surface area contributed by atoms with Crippen molar-refractivity contribution in [2.45, 2.75) is 0 Å². The van der Waals surface area contributed by atoms with Gasteiger partial charge in [-0.05, 0) is 42.5 Å². The lowest BCUT2D eigenvalue weighted by atomic mass is 10.2. The van der Waals surface area contributed by atoms with Crippen LogP contribution in [0.4, 0.5) is 5.69 Å².